The highest BCUT2D eigenvalue weighted by molar-refractivity contribution is 7.15. The quantitative estimate of drug-likeness (QED) is 0.766. The number of nitrogens with two attached hydrogens (primary N) is 1. The van der Waals surface area contributed by atoms with E-state index in [1.54, 1.807) is 0 Å². The van der Waals surface area contributed by atoms with E-state index in [4.69, 9.17) is 10.5 Å². The van der Waals surface area contributed by atoms with Gasteiger partial charge in [0, 0.05) is 13.2 Å². The number of carbonyl (C=O) groups is 1. The molecule has 2 heterocycles. The molecule has 1 aliphatic heterocycles. The highest BCUT2D eigenvalue weighted by Gasteiger charge is 2.24. The highest BCUT2D eigenvalue weighted by Crippen LogP contribution is 2.17. The fourth-order valence-corrected chi connectivity index (χ4v) is 1.98. The van der Waals surface area contributed by atoms with Crippen molar-refractivity contribution in [3.63, 3.8) is 0 Å². The van der Waals surface area contributed by atoms with Crippen molar-refractivity contribution in [1.29, 1.82) is 0 Å². The molecule has 0 bridgehead atoms. The van der Waals surface area contributed by atoms with Gasteiger partial charge in [0.1, 0.15) is 11.1 Å². The van der Waals surface area contributed by atoms with E-state index in [1.807, 2.05) is 0 Å². The molecule has 1 aliphatic rings. The second-order valence-electron chi connectivity index (χ2n) is 3.20. The molecule has 82 valence electrons. The van der Waals surface area contributed by atoms with Crippen LogP contribution in [0.25, 0.3) is 0 Å². The molecule has 7 heteroatoms. The molecule has 1 aromatic rings. The summed E-state index contributed by atoms with van der Waals surface area (Å²) in [5, 5.41) is 11.5. The number of hydrogen-bond acceptors (Lipinski definition) is 6. The predicted molar refractivity (Wildman–Crippen MR) is 55.4 cm³/mol. The lowest BCUT2D eigenvalue weighted by Gasteiger charge is -2.06. The number of anilines is 1. The van der Waals surface area contributed by atoms with Crippen LogP contribution in [0.1, 0.15) is 17.8 Å². The number of aromatic nitrogens is 2. The zero-order valence-electron chi connectivity index (χ0n) is 8.10. The second kappa shape index (κ2) is 4.65. The Bertz CT molecular complexity index is 348. The lowest BCUT2D eigenvalue weighted by Crippen LogP contribution is -2.26. The van der Waals surface area contributed by atoms with E-state index in [1.165, 1.54) is 11.3 Å². The average molecular weight is 228 g/mol. The van der Waals surface area contributed by atoms with Gasteiger partial charge in [0.2, 0.25) is 5.13 Å². The number of hydrogen-bond donors (Lipinski definition) is 2. The zero-order valence-corrected chi connectivity index (χ0v) is 8.92. The van der Waals surface area contributed by atoms with Gasteiger partial charge in [-0.3, -0.25) is 10.1 Å². The van der Waals surface area contributed by atoms with Crippen LogP contribution in [0.3, 0.4) is 0 Å². The van der Waals surface area contributed by atoms with E-state index in [9.17, 15) is 4.79 Å². The van der Waals surface area contributed by atoms with Crippen molar-refractivity contribution in [2.24, 2.45) is 5.73 Å². The SMILES string of the molecule is NCc1nnc(NC(=O)C2CCCO2)s1. The largest absolute Gasteiger partial charge is 0.368 e. The van der Waals surface area contributed by atoms with E-state index in [0.29, 0.717) is 23.3 Å². The third kappa shape index (κ3) is 2.49. The maximum absolute atomic E-state index is 11.6. The minimum atomic E-state index is -0.338. The maximum atomic E-state index is 11.6. The normalized spacial score (nSPS) is 20.5. The summed E-state index contributed by atoms with van der Waals surface area (Å²) in [5.74, 6) is -0.146. The number of amides is 1. The molecule has 1 saturated heterocycles. The van der Waals surface area contributed by atoms with Crippen LogP contribution < -0.4 is 11.1 Å². The van der Waals surface area contributed by atoms with Gasteiger partial charge in [-0.2, -0.15) is 0 Å². The molecule has 3 N–H and O–H groups in total. The third-order valence-electron chi connectivity index (χ3n) is 2.09. The standard InChI is InChI=1S/C8H12N4O2S/c9-4-6-11-12-8(15-6)10-7(13)5-2-1-3-14-5/h5H,1-4,9H2,(H,10,12,13). The molecule has 0 saturated carbocycles. The van der Waals surface area contributed by atoms with Crippen LogP contribution in [0.4, 0.5) is 5.13 Å². The van der Waals surface area contributed by atoms with Crippen molar-refractivity contribution in [3.8, 4) is 0 Å². The summed E-state index contributed by atoms with van der Waals surface area (Å²) in [6.45, 7) is 0.996. The van der Waals surface area contributed by atoms with Crippen LogP contribution in [0, 0.1) is 0 Å². The van der Waals surface area contributed by atoms with E-state index in [0.717, 1.165) is 12.8 Å². The number of nitrogens with zero attached hydrogens (tertiary/aromatic N) is 2. The summed E-state index contributed by atoms with van der Waals surface area (Å²) < 4.78 is 5.24. The minimum Gasteiger partial charge on any atom is -0.368 e. The molecular weight excluding hydrogens is 216 g/mol. The Morgan fingerprint density at radius 2 is 2.53 bits per heavy atom. The topological polar surface area (TPSA) is 90.1 Å². The van der Waals surface area contributed by atoms with Crippen molar-refractivity contribution in [3.05, 3.63) is 5.01 Å². The molecule has 2 rings (SSSR count). The lowest BCUT2D eigenvalue weighted by molar-refractivity contribution is -0.124. The van der Waals surface area contributed by atoms with Gasteiger partial charge < -0.3 is 10.5 Å². The van der Waals surface area contributed by atoms with Gasteiger partial charge in [0.05, 0.1) is 0 Å². The molecule has 1 atom stereocenters. The maximum Gasteiger partial charge on any atom is 0.255 e. The Labute approximate surface area is 90.8 Å². The first-order valence-corrected chi connectivity index (χ1v) is 5.56. The van der Waals surface area contributed by atoms with Crippen molar-refractivity contribution < 1.29 is 9.53 Å². The van der Waals surface area contributed by atoms with Crippen molar-refractivity contribution >= 4 is 22.4 Å². The summed E-state index contributed by atoms with van der Waals surface area (Å²) in [6, 6.07) is 0. The first kappa shape index (κ1) is 10.5. The Morgan fingerprint density at radius 1 is 1.67 bits per heavy atom. The third-order valence-corrected chi connectivity index (χ3v) is 2.95. The van der Waals surface area contributed by atoms with Gasteiger partial charge in [0.15, 0.2) is 0 Å². The Morgan fingerprint density at radius 3 is 3.13 bits per heavy atom. The Hall–Kier alpha value is -1.05. The van der Waals surface area contributed by atoms with Crippen molar-refractivity contribution in [1.82, 2.24) is 10.2 Å². The molecule has 1 aromatic heterocycles. The number of ether oxygens (including phenoxy) is 1. The molecule has 0 aliphatic carbocycles. The highest BCUT2D eigenvalue weighted by atomic mass is 32.1. The summed E-state index contributed by atoms with van der Waals surface area (Å²) >= 11 is 1.29. The fraction of sp³-hybridized carbons (Fsp3) is 0.625. The van der Waals surface area contributed by atoms with Crippen molar-refractivity contribution in [2.45, 2.75) is 25.5 Å². The van der Waals surface area contributed by atoms with Gasteiger partial charge in [0.25, 0.3) is 5.91 Å². The molecule has 1 fully saturated rings. The van der Waals surface area contributed by atoms with Gasteiger partial charge in [-0.15, -0.1) is 10.2 Å². The minimum absolute atomic E-state index is 0.146. The van der Waals surface area contributed by atoms with Gasteiger partial charge >= 0.3 is 0 Å². The number of carbonyl (C=O) groups excluding carboxylic acids is 1. The van der Waals surface area contributed by atoms with E-state index in [2.05, 4.69) is 15.5 Å². The summed E-state index contributed by atoms with van der Waals surface area (Å²) in [4.78, 5) is 11.6. The van der Waals surface area contributed by atoms with Crippen molar-refractivity contribution in [2.75, 3.05) is 11.9 Å². The molecule has 0 spiro atoms. The summed E-state index contributed by atoms with van der Waals surface area (Å²) in [7, 11) is 0. The molecule has 0 radical (unpaired) electrons. The zero-order chi connectivity index (χ0) is 10.7. The van der Waals surface area contributed by atoms with Crippen LogP contribution >= 0.6 is 11.3 Å². The smallest absolute Gasteiger partial charge is 0.255 e. The first-order valence-electron chi connectivity index (χ1n) is 4.74. The Kier molecular flexibility index (Phi) is 3.24. The number of nitrogens with one attached hydrogen (secondary N) is 1. The molecule has 1 unspecified atom stereocenters. The fourth-order valence-electron chi connectivity index (χ4n) is 1.36. The van der Waals surface area contributed by atoms with Crippen LogP contribution in [0.5, 0.6) is 0 Å². The van der Waals surface area contributed by atoms with Crippen LogP contribution in [0.15, 0.2) is 0 Å². The number of rotatable bonds is 3. The van der Waals surface area contributed by atoms with Crippen LogP contribution in [-0.4, -0.2) is 28.8 Å². The molecule has 6 nitrogen and oxygen atoms in total. The Balaban J connectivity index is 1.92. The van der Waals surface area contributed by atoms with Gasteiger partial charge in [-0.05, 0) is 12.8 Å². The van der Waals surface area contributed by atoms with Gasteiger partial charge in [-0.25, -0.2) is 0 Å². The van der Waals surface area contributed by atoms with E-state index >= 15 is 0 Å². The molecule has 1 amide bonds. The molecular formula is C8H12N4O2S. The summed E-state index contributed by atoms with van der Waals surface area (Å²) in [6.07, 6.45) is 1.37. The van der Waals surface area contributed by atoms with Crippen LogP contribution in [-0.2, 0) is 16.1 Å². The van der Waals surface area contributed by atoms with E-state index < -0.39 is 0 Å². The lowest BCUT2D eigenvalue weighted by atomic mass is 10.2. The molecule has 0 aromatic carbocycles. The molecule has 15 heavy (non-hydrogen) atoms. The van der Waals surface area contributed by atoms with Crippen LogP contribution in [0.2, 0.25) is 0 Å². The van der Waals surface area contributed by atoms with E-state index in [-0.39, 0.29) is 12.0 Å². The average Bonchev–Trinajstić information content (AvgIpc) is 2.87. The van der Waals surface area contributed by atoms with Gasteiger partial charge in [-0.1, -0.05) is 11.3 Å². The summed E-state index contributed by atoms with van der Waals surface area (Å²) in [5.41, 5.74) is 5.39. The predicted octanol–water partition coefficient (Wildman–Crippen LogP) is 0.114. The second-order valence-corrected chi connectivity index (χ2v) is 4.26. The monoisotopic (exact) mass is 228 g/mol. The first-order chi connectivity index (χ1) is 7.29.